The summed E-state index contributed by atoms with van der Waals surface area (Å²) < 4.78 is 5.79. The normalized spacial score (nSPS) is 12.4. The van der Waals surface area contributed by atoms with E-state index >= 15 is 0 Å². The molecule has 0 unspecified atom stereocenters. The second kappa shape index (κ2) is 8.11. The molecule has 0 saturated carbocycles. The summed E-state index contributed by atoms with van der Waals surface area (Å²) in [4.78, 5) is 0. The highest BCUT2D eigenvalue weighted by atomic mass is 16.5. The van der Waals surface area contributed by atoms with Crippen molar-refractivity contribution in [3.05, 3.63) is 29.3 Å². The van der Waals surface area contributed by atoms with E-state index in [1.54, 1.807) is 0 Å². The van der Waals surface area contributed by atoms with E-state index in [4.69, 9.17) is 15.6 Å². The molecule has 0 aromatic heterocycles. The Morgan fingerprint density at radius 3 is 2.61 bits per heavy atom. The SMILES string of the molecule is Cc1ccc(OCCCCCCO)c([C@H](C)N)c1. The van der Waals surface area contributed by atoms with Crippen molar-refractivity contribution in [2.45, 2.75) is 45.6 Å². The zero-order valence-electron chi connectivity index (χ0n) is 11.5. The number of unbranched alkanes of at least 4 members (excludes halogenated alkanes) is 3. The number of aliphatic hydroxyl groups is 1. The minimum absolute atomic E-state index is 0.00529. The molecule has 0 aliphatic carbocycles. The van der Waals surface area contributed by atoms with Gasteiger partial charge in [0.25, 0.3) is 0 Å². The number of ether oxygens (including phenoxy) is 1. The molecule has 3 nitrogen and oxygen atoms in total. The van der Waals surface area contributed by atoms with E-state index in [0.717, 1.165) is 37.0 Å². The summed E-state index contributed by atoms with van der Waals surface area (Å²) >= 11 is 0. The van der Waals surface area contributed by atoms with Crippen LogP contribution >= 0.6 is 0 Å². The lowest BCUT2D eigenvalue weighted by Crippen LogP contribution is -2.09. The molecule has 1 aromatic rings. The van der Waals surface area contributed by atoms with E-state index in [-0.39, 0.29) is 12.6 Å². The molecule has 1 aromatic carbocycles. The maximum absolute atomic E-state index is 8.68. The summed E-state index contributed by atoms with van der Waals surface area (Å²) in [6.07, 6.45) is 4.07. The highest BCUT2D eigenvalue weighted by Crippen LogP contribution is 2.25. The number of nitrogens with two attached hydrogens (primary N) is 1. The first kappa shape index (κ1) is 15.0. The van der Waals surface area contributed by atoms with Gasteiger partial charge in [-0.15, -0.1) is 0 Å². The van der Waals surface area contributed by atoms with Gasteiger partial charge < -0.3 is 15.6 Å². The summed E-state index contributed by atoms with van der Waals surface area (Å²) in [7, 11) is 0. The van der Waals surface area contributed by atoms with Crippen LogP contribution in [0.2, 0.25) is 0 Å². The molecule has 3 N–H and O–H groups in total. The first-order valence-electron chi connectivity index (χ1n) is 6.75. The van der Waals surface area contributed by atoms with Crippen molar-refractivity contribution in [1.82, 2.24) is 0 Å². The van der Waals surface area contributed by atoms with Gasteiger partial charge in [0, 0.05) is 18.2 Å². The molecule has 1 rings (SSSR count). The fourth-order valence-electron chi connectivity index (χ4n) is 1.90. The molecule has 0 aliphatic rings. The molecule has 0 aliphatic heterocycles. The van der Waals surface area contributed by atoms with Crippen LogP contribution in [0.3, 0.4) is 0 Å². The van der Waals surface area contributed by atoms with Gasteiger partial charge in [-0.3, -0.25) is 0 Å². The Balaban J connectivity index is 2.42. The average Bonchev–Trinajstić information content (AvgIpc) is 2.35. The summed E-state index contributed by atoms with van der Waals surface area (Å²) in [5.41, 5.74) is 8.23. The Morgan fingerprint density at radius 1 is 1.22 bits per heavy atom. The van der Waals surface area contributed by atoms with Crippen LogP contribution in [0.25, 0.3) is 0 Å². The van der Waals surface area contributed by atoms with Gasteiger partial charge in [-0.2, -0.15) is 0 Å². The van der Waals surface area contributed by atoms with Crippen molar-refractivity contribution < 1.29 is 9.84 Å². The van der Waals surface area contributed by atoms with Crippen LogP contribution in [-0.2, 0) is 0 Å². The molecule has 18 heavy (non-hydrogen) atoms. The Hall–Kier alpha value is -1.06. The van der Waals surface area contributed by atoms with E-state index in [1.165, 1.54) is 5.56 Å². The predicted octanol–water partition coefficient (Wildman–Crippen LogP) is 2.95. The summed E-state index contributed by atoms with van der Waals surface area (Å²) in [6, 6.07) is 6.13. The highest BCUT2D eigenvalue weighted by Gasteiger charge is 2.08. The average molecular weight is 251 g/mol. The van der Waals surface area contributed by atoms with E-state index in [2.05, 4.69) is 13.0 Å². The third kappa shape index (κ3) is 5.07. The first-order valence-corrected chi connectivity index (χ1v) is 6.75. The van der Waals surface area contributed by atoms with Crippen molar-refractivity contribution in [1.29, 1.82) is 0 Å². The standard InChI is InChI=1S/C15H25NO2/c1-12-7-8-15(14(11-12)13(2)16)18-10-6-4-3-5-9-17/h7-8,11,13,17H,3-6,9-10,16H2,1-2H3/t13-/m0/s1. The van der Waals surface area contributed by atoms with Crippen molar-refractivity contribution >= 4 is 0 Å². The van der Waals surface area contributed by atoms with Crippen molar-refractivity contribution in [2.24, 2.45) is 5.73 Å². The van der Waals surface area contributed by atoms with Crippen molar-refractivity contribution in [2.75, 3.05) is 13.2 Å². The number of benzene rings is 1. The molecule has 102 valence electrons. The zero-order valence-corrected chi connectivity index (χ0v) is 11.5. The van der Waals surface area contributed by atoms with Gasteiger partial charge in [-0.25, -0.2) is 0 Å². The molecule has 0 radical (unpaired) electrons. The third-order valence-corrected chi connectivity index (χ3v) is 2.97. The van der Waals surface area contributed by atoms with Crippen LogP contribution in [-0.4, -0.2) is 18.3 Å². The Bertz CT molecular complexity index is 350. The second-order valence-corrected chi connectivity index (χ2v) is 4.82. The van der Waals surface area contributed by atoms with Gasteiger partial charge >= 0.3 is 0 Å². The minimum atomic E-state index is -0.00529. The van der Waals surface area contributed by atoms with Gasteiger partial charge in [-0.1, -0.05) is 24.1 Å². The number of hydrogen-bond donors (Lipinski definition) is 2. The van der Waals surface area contributed by atoms with Gasteiger partial charge in [0.05, 0.1) is 6.61 Å². The lowest BCUT2D eigenvalue weighted by atomic mass is 10.1. The Labute approximate surface area is 110 Å². The molecule has 0 spiro atoms. The maximum atomic E-state index is 8.68. The van der Waals surface area contributed by atoms with Gasteiger partial charge in [0.1, 0.15) is 5.75 Å². The van der Waals surface area contributed by atoms with Crippen molar-refractivity contribution in [3.8, 4) is 5.75 Å². The number of aryl methyl sites for hydroxylation is 1. The first-order chi connectivity index (χ1) is 8.65. The van der Waals surface area contributed by atoms with E-state index in [0.29, 0.717) is 6.61 Å². The molecular weight excluding hydrogens is 226 g/mol. The molecule has 0 saturated heterocycles. The smallest absolute Gasteiger partial charge is 0.124 e. The molecule has 3 heteroatoms. The fourth-order valence-corrected chi connectivity index (χ4v) is 1.90. The van der Waals surface area contributed by atoms with Crippen LogP contribution in [0.1, 0.15) is 49.8 Å². The van der Waals surface area contributed by atoms with E-state index in [9.17, 15) is 0 Å². The predicted molar refractivity (Wildman–Crippen MR) is 74.8 cm³/mol. The van der Waals surface area contributed by atoms with Crippen molar-refractivity contribution in [3.63, 3.8) is 0 Å². The molecule has 0 bridgehead atoms. The van der Waals surface area contributed by atoms with E-state index in [1.807, 2.05) is 19.1 Å². The van der Waals surface area contributed by atoms with Gasteiger partial charge in [-0.05, 0) is 39.2 Å². The lowest BCUT2D eigenvalue weighted by Gasteiger charge is -2.14. The largest absolute Gasteiger partial charge is 0.493 e. The lowest BCUT2D eigenvalue weighted by molar-refractivity contribution is 0.272. The molecule has 0 heterocycles. The Kier molecular flexibility index (Phi) is 6.76. The third-order valence-electron chi connectivity index (χ3n) is 2.97. The highest BCUT2D eigenvalue weighted by molar-refractivity contribution is 5.38. The van der Waals surface area contributed by atoms with Crippen LogP contribution in [0.15, 0.2) is 18.2 Å². The minimum Gasteiger partial charge on any atom is -0.493 e. The van der Waals surface area contributed by atoms with Crippen LogP contribution in [0, 0.1) is 6.92 Å². The molecular formula is C15H25NO2. The fraction of sp³-hybridized carbons (Fsp3) is 0.600. The monoisotopic (exact) mass is 251 g/mol. The molecule has 0 amide bonds. The molecule has 0 fully saturated rings. The zero-order chi connectivity index (χ0) is 13.4. The Morgan fingerprint density at radius 2 is 1.94 bits per heavy atom. The number of rotatable bonds is 8. The van der Waals surface area contributed by atoms with E-state index < -0.39 is 0 Å². The summed E-state index contributed by atoms with van der Waals surface area (Å²) in [5, 5.41) is 8.68. The van der Waals surface area contributed by atoms with Crippen LogP contribution < -0.4 is 10.5 Å². The number of aliphatic hydroxyl groups excluding tert-OH is 1. The quantitative estimate of drug-likeness (QED) is 0.698. The number of hydrogen-bond acceptors (Lipinski definition) is 3. The second-order valence-electron chi connectivity index (χ2n) is 4.82. The van der Waals surface area contributed by atoms with Crippen LogP contribution in [0.5, 0.6) is 5.75 Å². The van der Waals surface area contributed by atoms with Crippen LogP contribution in [0.4, 0.5) is 0 Å². The summed E-state index contributed by atoms with van der Waals surface area (Å²) in [6.45, 7) is 5.04. The summed E-state index contributed by atoms with van der Waals surface area (Å²) in [5.74, 6) is 0.901. The molecule has 1 atom stereocenters. The van der Waals surface area contributed by atoms with Gasteiger partial charge in [0.2, 0.25) is 0 Å². The topological polar surface area (TPSA) is 55.5 Å². The van der Waals surface area contributed by atoms with Gasteiger partial charge in [0.15, 0.2) is 0 Å². The maximum Gasteiger partial charge on any atom is 0.124 e.